The number of carbonyl (C=O) groups is 2. The van der Waals surface area contributed by atoms with Crippen molar-refractivity contribution >= 4 is 22.8 Å². The molecule has 0 aromatic heterocycles. The zero-order chi connectivity index (χ0) is 13.6. The summed E-state index contributed by atoms with van der Waals surface area (Å²) >= 11 is 0. The molecule has 0 spiro atoms. The Labute approximate surface area is 107 Å². The lowest BCUT2D eigenvalue weighted by molar-refractivity contribution is 0.0681. The number of hydrogen-bond acceptors (Lipinski definition) is 2. The number of nitrogens with one attached hydrogen (secondary N) is 1. The minimum absolute atomic E-state index is 0.00111. The van der Waals surface area contributed by atoms with Gasteiger partial charge >= 0.3 is 11.9 Å². The predicted octanol–water partition coefficient (Wildman–Crippen LogP) is 2.67. The van der Waals surface area contributed by atoms with Crippen LogP contribution in [0.4, 0.5) is 0 Å². The molecule has 3 rings (SSSR count). The molecule has 0 bridgehead atoms. The number of benzene rings is 1. The Morgan fingerprint density at radius 1 is 0.895 bits per heavy atom. The van der Waals surface area contributed by atoms with Gasteiger partial charge in [-0.15, -0.1) is 0 Å². The largest absolute Gasteiger partial charge is 0.478 e. The third-order valence-electron chi connectivity index (χ3n) is 3.13. The Balaban J connectivity index is 2.53. The molecule has 0 radical (unpaired) electrons. The summed E-state index contributed by atoms with van der Waals surface area (Å²) < 4.78 is 0. The summed E-state index contributed by atoms with van der Waals surface area (Å²) in [5, 5.41) is 19.1. The van der Waals surface area contributed by atoms with Crippen molar-refractivity contribution in [3.8, 4) is 11.1 Å². The second kappa shape index (κ2) is 3.84. The minimum atomic E-state index is -1.11. The quantitative estimate of drug-likeness (QED) is 0.656. The Morgan fingerprint density at radius 2 is 1.58 bits per heavy atom. The average Bonchev–Trinajstić information content (AvgIpc) is 2.85. The van der Waals surface area contributed by atoms with Gasteiger partial charge in [-0.1, -0.05) is 30.3 Å². The van der Waals surface area contributed by atoms with Gasteiger partial charge in [0.25, 0.3) is 0 Å². The molecule has 0 fully saturated rings. The van der Waals surface area contributed by atoms with Gasteiger partial charge in [0, 0.05) is 10.9 Å². The van der Waals surface area contributed by atoms with Crippen LogP contribution in [0.15, 0.2) is 36.4 Å². The van der Waals surface area contributed by atoms with Gasteiger partial charge < -0.3 is 15.2 Å². The standard InChI is InChI=1S/C14H9NO4/c16-13(17)10-6-2-4-8-7-3-1-5-9(7)12(14(18)19)15-11(8)10/h1-6,15H,(H,16,17)(H,18,19). The number of aromatic nitrogens is 1. The van der Waals surface area contributed by atoms with Gasteiger partial charge in [-0.2, -0.15) is 0 Å². The van der Waals surface area contributed by atoms with Gasteiger partial charge in [0.1, 0.15) is 5.69 Å². The van der Waals surface area contributed by atoms with E-state index in [9.17, 15) is 14.7 Å². The Morgan fingerprint density at radius 3 is 2.26 bits per heavy atom. The third-order valence-corrected chi connectivity index (χ3v) is 3.13. The summed E-state index contributed by atoms with van der Waals surface area (Å²) in [7, 11) is 0. The second-order valence-electron chi connectivity index (χ2n) is 4.19. The molecule has 1 aliphatic carbocycles. The number of para-hydroxylation sites is 1. The number of aromatic carboxylic acids is 2. The highest BCUT2D eigenvalue weighted by atomic mass is 16.4. The monoisotopic (exact) mass is 255 g/mol. The van der Waals surface area contributed by atoms with E-state index in [1.54, 1.807) is 30.3 Å². The highest BCUT2D eigenvalue weighted by Gasteiger charge is 2.20. The predicted molar refractivity (Wildman–Crippen MR) is 68.8 cm³/mol. The number of carboxylic acids is 2. The topological polar surface area (TPSA) is 90.4 Å². The molecule has 94 valence electrons. The molecule has 1 aliphatic heterocycles. The number of rotatable bonds is 2. The summed E-state index contributed by atoms with van der Waals surface area (Å²) in [6.07, 6.45) is 0. The lowest BCUT2D eigenvalue weighted by Gasteiger charge is -2.11. The van der Waals surface area contributed by atoms with Crippen LogP contribution < -0.4 is 0 Å². The van der Waals surface area contributed by atoms with Crippen LogP contribution >= 0.6 is 0 Å². The summed E-state index contributed by atoms with van der Waals surface area (Å²) in [5.74, 6) is -2.21. The van der Waals surface area contributed by atoms with E-state index in [4.69, 9.17) is 5.11 Å². The van der Waals surface area contributed by atoms with Crippen LogP contribution in [0, 0.1) is 0 Å². The van der Waals surface area contributed by atoms with Crippen molar-refractivity contribution in [3.05, 3.63) is 47.7 Å². The fourth-order valence-electron chi connectivity index (χ4n) is 2.32. The third kappa shape index (κ3) is 1.55. The molecular weight excluding hydrogens is 246 g/mol. The Hall–Kier alpha value is -2.82. The zero-order valence-electron chi connectivity index (χ0n) is 9.68. The number of aromatic amines is 1. The van der Waals surface area contributed by atoms with Crippen molar-refractivity contribution in [3.63, 3.8) is 0 Å². The molecule has 0 saturated heterocycles. The van der Waals surface area contributed by atoms with Gasteiger partial charge in [-0.25, -0.2) is 9.59 Å². The van der Waals surface area contributed by atoms with Crippen LogP contribution in [-0.4, -0.2) is 27.1 Å². The van der Waals surface area contributed by atoms with Crippen LogP contribution in [0.3, 0.4) is 0 Å². The minimum Gasteiger partial charge on any atom is -0.478 e. The van der Waals surface area contributed by atoms with Crippen LogP contribution in [0.1, 0.15) is 20.8 Å². The number of fused-ring (bicyclic) bond motifs is 3. The molecule has 3 N–H and O–H groups in total. The first kappa shape index (κ1) is 11.3. The number of hydrogen-bond donors (Lipinski definition) is 3. The maximum Gasteiger partial charge on any atom is 0.352 e. The van der Waals surface area contributed by atoms with E-state index in [1.165, 1.54) is 6.07 Å². The van der Waals surface area contributed by atoms with Crippen LogP contribution in [0.5, 0.6) is 0 Å². The summed E-state index contributed by atoms with van der Waals surface area (Å²) in [6.45, 7) is 0. The Kier molecular flexibility index (Phi) is 2.28. The molecule has 0 saturated carbocycles. The SMILES string of the molecule is O=C(O)c1[nH]c2c(C(=O)O)cccc2c2cccc1-2. The second-order valence-corrected chi connectivity index (χ2v) is 4.19. The first-order valence-electron chi connectivity index (χ1n) is 5.59. The van der Waals surface area contributed by atoms with E-state index in [0.717, 1.165) is 5.56 Å². The molecule has 0 atom stereocenters. The lowest BCUT2D eigenvalue weighted by Crippen LogP contribution is -2.06. The van der Waals surface area contributed by atoms with Gasteiger partial charge in [0.15, 0.2) is 0 Å². The van der Waals surface area contributed by atoms with Crippen LogP contribution in [0.25, 0.3) is 22.0 Å². The molecule has 0 unspecified atom stereocenters. The molecule has 1 heterocycles. The van der Waals surface area contributed by atoms with E-state index in [2.05, 4.69) is 4.98 Å². The van der Waals surface area contributed by atoms with E-state index in [-0.39, 0.29) is 11.3 Å². The number of H-pyrrole nitrogens is 1. The van der Waals surface area contributed by atoms with Gasteiger partial charge in [0.2, 0.25) is 0 Å². The fraction of sp³-hybridized carbons (Fsp3) is 0. The molecule has 2 aliphatic rings. The normalized spacial score (nSPS) is 10.9. The maximum atomic E-state index is 11.3. The van der Waals surface area contributed by atoms with E-state index in [0.29, 0.717) is 16.5 Å². The van der Waals surface area contributed by atoms with E-state index >= 15 is 0 Å². The van der Waals surface area contributed by atoms with Crippen molar-refractivity contribution in [1.82, 2.24) is 4.98 Å². The lowest BCUT2D eigenvalue weighted by atomic mass is 9.99. The maximum absolute atomic E-state index is 11.3. The fourth-order valence-corrected chi connectivity index (χ4v) is 2.32. The molecule has 1 aromatic rings. The van der Waals surface area contributed by atoms with Gasteiger partial charge in [-0.05, 0) is 11.6 Å². The molecular formula is C14H9NO4. The number of carboxylic acid groups (broad SMARTS) is 2. The van der Waals surface area contributed by atoms with E-state index in [1.807, 2.05) is 0 Å². The highest BCUT2D eigenvalue weighted by Crippen LogP contribution is 2.34. The smallest absolute Gasteiger partial charge is 0.352 e. The zero-order valence-corrected chi connectivity index (χ0v) is 9.68. The van der Waals surface area contributed by atoms with Crippen molar-refractivity contribution in [2.75, 3.05) is 0 Å². The summed E-state index contributed by atoms with van der Waals surface area (Å²) in [4.78, 5) is 25.2. The van der Waals surface area contributed by atoms with Crippen molar-refractivity contribution in [1.29, 1.82) is 0 Å². The molecule has 19 heavy (non-hydrogen) atoms. The number of pyridine rings is 1. The van der Waals surface area contributed by atoms with Crippen molar-refractivity contribution in [2.45, 2.75) is 0 Å². The van der Waals surface area contributed by atoms with Gasteiger partial charge in [0.05, 0.1) is 11.1 Å². The van der Waals surface area contributed by atoms with Crippen molar-refractivity contribution < 1.29 is 19.8 Å². The van der Waals surface area contributed by atoms with Gasteiger partial charge in [-0.3, -0.25) is 0 Å². The highest BCUT2D eigenvalue weighted by molar-refractivity contribution is 6.10. The summed E-state index contributed by atoms with van der Waals surface area (Å²) in [5.41, 5.74) is 1.69. The van der Waals surface area contributed by atoms with Crippen molar-refractivity contribution in [2.24, 2.45) is 0 Å². The van der Waals surface area contributed by atoms with Crippen LogP contribution in [-0.2, 0) is 0 Å². The molecule has 5 heteroatoms. The summed E-state index contributed by atoms with van der Waals surface area (Å²) in [6, 6.07) is 10.1. The molecule has 1 aromatic carbocycles. The van der Waals surface area contributed by atoms with E-state index < -0.39 is 11.9 Å². The molecule has 0 amide bonds. The Bertz CT molecular complexity index is 787. The van der Waals surface area contributed by atoms with Crippen LogP contribution in [0.2, 0.25) is 0 Å². The first-order valence-corrected chi connectivity index (χ1v) is 5.59. The average molecular weight is 255 g/mol. The first-order chi connectivity index (χ1) is 9.09. The molecule has 5 nitrogen and oxygen atoms in total.